The van der Waals surface area contributed by atoms with Crippen LogP contribution in [0.3, 0.4) is 0 Å². The molecule has 0 aliphatic rings. The fraction of sp³-hybridized carbons (Fsp3) is 0.455. The number of carbonyl (C=O) groups is 1. The molecule has 1 atom stereocenters. The monoisotopic (exact) mass is 411 g/mol. The van der Waals surface area contributed by atoms with Gasteiger partial charge in [-0.2, -0.15) is 0 Å². The van der Waals surface area contributed by atoms with Gasteiger partial charge in [0.25, 0.3) is 5.56 Å². The zero-order valence-electron chi connectivity index (χ0n) is 18.3. The van der Waals surface area contributed by atoms with E-state index >= 15 is 0 Å². The van der Waals surface area contributed by atoms with Gasteiger partial charge in [-0.3, -0.25) is 14.2 Å². The number of hydrogen-bond donors (Lipinski definition) is 1. The maximum absolute atomic E-state index is 12.8. The second-order valence-electron chi connectivity index (χ2n) is 8.37. The number of benzene rings is 1. The molecule has 0 aliphatic heterocycles. The lowest BCUT2D eigenvalue weighted by atomic mass is 9.93. The molecule has 0 unspecified atom stereocenters. The second-order valence-corrected chi connectivity index (χ2v) is 8.37. The Morgan fingerprint density at radius 2 is 1.63 bits per heavy atom. The number of hydrogen-bond acceptors (Lipinski definition) is 4. The maximum atomic E-state index is 12.8. The van der Waals surface area contributed by atoms with Crippen LogP contribution in [0.5, 0.6) is 0 Å². The number of aromatic nitrogens is 4. The molecule has 160 valence electrons. The molecule has 30 heavy (non-hydrogen) atoms. The van der Waals surface area contributed by atoms with Crippen molar-refractivity contribution in [1.82, 2.24) is 24.0 Å². The number of fused-ring (bicyclic) bond motifs is 1. The highest BCUT2D eigenvalue weighted by Gasteiger charge is 2.21. The van der Waals surface area contributed by atoms with Crippen LogP contribution >= 0.6 is 0 Å². The van der Waals surface area contributed by atoms with Gasteiger partial charge in [0.1, 0.15) is 6.54 Å². The maximum Gasteiger partial charge on any atom is 0.332 e. The summed E-state index contributed by atoms with van der Waals surface area (Å²) in [5.41, 5.74) is 1.72. The molecule has 0 aliphatic carbocycles. The van der Waals surface area contributed by atoms with E-state index in [2.05, 4.69) is 36.3 Å². The minimum Gasteiger partial charge on any atom is -0.347 e. The molecule has 3 aromatic rings. The summed E-state index contributed by atoms with van der Waals surface area (Å²) >= 11 is 0. The van der Waals surface area contributed by atoms with E-state index in [1.54, 1.807) is 18.7 Å². The summed E-state index contributed by atoms with van der Waals surface area (Å²) in [4.78, 5) is 42.4. The Morgan fingerprint density at radius 3 is 2.20 bits per heavy atom. The Morgan fingerprint density at radius 1 is 1.03 bits per heavy atom. The van der Waals surface area contributed by atoms with E-state index in [0.29, 0.717) is 11.6 Å². The van der Waals surface area contributed by atoms with E-state index < -0.39 is 11.2 Å². The Labute approximate surface area is 175 Å². The number of rotatable bonds is 6. The fourth-order valence-electron chi connectivity index (χ4n) is 3.62. The van der Waals surface area contributed by atoms with Crippen molar-refractivity contribution in [3.8, 4) is 0 Å². The molecule has 0 radical (unpaired) electrons. The van der Waals surface area contributed by atoms with Crippen LogP contribution in [-0.4, -0.2) is 24.6 Å². The summed E-state index contributed by atoms with van der Waals surface area (Å²) < 4.78 is 3.80. The minimum atomic E-state index is -0.566. The lowest BCUT2D eigenvalue weighted by molar-refractivity contribution is -0.122. The Kier molecular flexibility index (Phi) is 5.96. The first-order valence-electron chi connectivity index (χ1n) is 10.1. The quantitative estimate of drug-likeness (QED) is 0.672. The first kappa shape index (κ1) is 21.5. The van der Waals surface area contributed by atoms with Gasteiger partial charge >= 0.3 is 5.69 Å². The van der Waals surface area contributed by atoms with Crippen LogP contribution in [0.4, 0.5) is 0 Å². The largest absolute Gasteiger partial charge is 0.347 e. The summed E-state index contributed by atoms with van der Waals surface area (Å²) in [6.07, 6.45) is 1.48. The van der Waals surface area contributed by atoms with Gasteiger partial charge in [0.2, 0.25) is 5.91 Å². The molecule has 8 heteroatoms. The zero-order chi connectivity index (χ0) is 22.2. The summed E-state index contributed by atoms with van der Waals surface area (Å²) in [5, 5.41) is 2.99. The minimum absolute atomic E-state index is 0.137. The van der Waals surface area contributed by atoms with Gasteiger partial charge in [0, 0.05) is 14.1 Å². The van der Waals surface area contributed by atoms with Crippen LogP contribution in [0.25, 0.3) is 11.2 Å². The van der Waals surface area contributed by atoms with E-state index in [4.69, 9.17) is 0 Å². The third-order valence-corrected chi connectivity index (χ3v) is 5.45. The van der Waals surface area contributed by atoms with Crippen molar-refractivity contribution in [3.63, 3.8) is 0 Å². The third-order valence-electron chi connectivity index (χ3n) is 5.45. The number of aryl methyl sites for hydroxylation is 2. The Bertz CT molecular complexity index is 1180. The predicted octanol–water partition coefficient (Wildman–Crippen LogP) is 2.07. The smallest absolute Gasteiger partial charge is 0.332 e. The van der Waals surface area contributed by atoms with E-state index in [1.807, 2.05) is 26.0 Å². The average molecular weight is 412 g/mol. The standard InChI is InChI=1S/C22H29N5O3/c1-13(2)15-7-9-16(10-8-15)18(14(3)4)24-17(28)11-27-21(29)19-20(23-12-25(19)5)26(6)22(27)30/h7-10,12-14,18H,11H2,1-6H3,(H,24,28)/t18-/m0/s1. The number of amides is 1. The molecule has 0 saturated carbocycles. The van der Waals surface area contributed by atoms with Crippen LogP contribution < -0.4 is 16.6 Å². The van der Waals surface area contributed by atoms with Crippen LogP contribution in [0, 0.1) is 5.92 Å². The molecular formula is C22H29N5O3. The number of nitrogens with zero attached hydrogens (tertiary/aromatic N) is 4. The van der Waals surface area contributed by atoms with Gasteiger partial charge in [-0.05, 0) is 23.0 Å². The molecule has 0 saturated heterocycles. The van der Waals surface area contributed by atoms with E-state index in [9.17, 15) is 14.4 Å². The fourth-order valence-corrected chi connectivity index (χ4v) is 3.62. The molecule has 1 N–H and O–H groups in total. The average Bonchev–Trinajstić information content (AvgIpc) is 3.09. The van der Waals surface area contributed by atoms with Crippen molar-refractivity contribution in [2.75, 3.05) is 0 Å². The van der Waals surface area contributed by atoms with Gasteiger partial charge in [-0.15, -0.1) is 0 Å². The summed E-state index contributed by atoms with van der Waals surface area (Å²) in [6.45, 7) is 7.96. The normalized spacial score (nSPS) is 12.7. The highest BCUT2D eigenvalue weighted by molar-refractivity contribution is 5.77. The van der Waals surface area contributed by atoms with Gasteiger partial charge in [0.05, 0.1) is 12.4 Å². The van der Waals surface area contributed by atoms with Crippen molar-refractivity contribution in [2.45, 2.75) is 46.2 Å². The Hall–Kier alpha value is -3.16. The molecule has 0 spiro atoms. The highest BCUT2D eigenvalue weighted by Crippen LogP contribution is 2.24. The van der Waals surface area contributed by atoms with Gasteiger partial charge in [0.15, 0.2) is 11.2 Å². The van der Waals surface area contributed by atoms with Crippen molar-refractivity contribution in [3.05, 3.63) is 62.6 Å². The molecule has 2 heterocycles. The van der Waals surface area contributed by atoms with Crippen molar-refractivity contribution in [2.24, 2.45) is 20.0 Å². The summed E-state index contributed by atoms with van der Waals surface area (Å²) in [7, 11) is 3.22. The van der Waals surface area contributed by atoms with Crippen LogP contribution in [-0.2, 0) is 25.4 Å². The molecule has 8 nitrogen and oxygen atoms in total. The number of imidazole rings is 1. The zero-order valence-corrected chi connectivity index (χ0v) is 18.3. The first-order chi connectivity index (χ1) is 14.1. The van der Waals surface area contributed by atoms with Gasteiger partial charge < -0.3 is 9.88 Å². The highest BCUT2D eigenvalue weighted by atomic mass is 16.2. The van der Waals surface area contributed by atoms with E-state index in [0.717, 1.165) is 10.1 Å². The predicted molar refractivity (Wildman–Crippen MR) is 116 cm³/mol. The van der Waals surface area contributed by atoms with Crippen molar-refractivity contribution >= 4 is 17.1 Å². The van der Waals surface area contributed by atoms with E-state index in [1.165, 1.54) is 16.5 Å². The van der Waals surface area contributed by atoms with Crippen molar-refractivity contribution in [1.29, 1.82) is 0 Å². The molecule has 0 bridgehead atoms. The molecular weight excluding hydrogens is 382 g/mol. The van der Waals surface area contributed by atoms with Crippen LogP contribution in [0.2, 0.25) is 0 Å². The van der Waals surface area contributed by atoms with Gasteiger partial charge in [-0.25, -0.2) is 14.3 Å². The second kappa shape index (κ2) is 8.30. The lowest BCUT2D eigenvalue weighted by Crippen LogP contribution is -2.44. The molecule has 3 rings (SSSR count). The lowest BCUT2D eigenvalue weighted by Gasteiger charge is -2.23. The number of nitrogens with one attached hydrogen (secondary N) is 1. The van der Waals surface area contributed by atoms with Gasteiger partial charge in [-0.1, -0.05) is 52.0 Å². The van der Waals surface area contributed by atoms with Crippen molar-refractivity contribution < 1.29 is 4.79 Å². The van der Waals surface area contributed by atoms with Crippen LogP contribution in [0.1, 0.15) is 50.8 Å². The Balaban J connectivity index is 1.89. The topological polar surface area (TPSA) is 90.9 Å². The number of carbonyl (C=O) groups excluding carboxylic acids is 1. The third kappa shape index (κ3) is 3.94. The molecule has 0 fully saturated rings. The van der Waals surface area contributed by atoms with Crippen LogP contribution in [0.15, 0.2) is 40.2 Å². The summed E-state index contributed by atoms with van der Waals surface area (Å²) in [5.74, 6) is 0.177. The van der Waals surface area contributed by atoms with E-state index in [-0.39, 0.29) is 29.9 Å². The SMILES string of the molecule is CC(C)c1ccc([C@@H](NC(=O)Cn2c(=O)c3c(ncn3C)n(C)c2=O)C(C)C)cc1. The molecule has 2 aromatic heterocycles. The molecule has 1 amide bonds. The summed E-state index contributed by atoms with van der Waals surface area (Å²) in [6, 6.07) is 7.95. The first-order valence-corrected chi connectivity index (χ1v) is 10.1. The molecule has 1 aromatic carbocycles.